The Hall–Kier alpha value is -0.0800. The molecule has 0 spiro atoms. The summed E-state index contributed by atoms with van der Waals surface area (Å²) < 4.78 is 0. The van der Waals surface area contributed by atoms with Gasteiger partial charge in [0.25, 0.3) is 0 Å². The van der Waals surface area contributed by atoms with E-state index >= 15 is 0 Å². The fourth-order valence-corrected chi connectivity index (χ4v) is 1.64. The van der Waals surface area contributed by atoms with Crippen molar-refractivity contribution in [2.24, 2.45) is 5.92 Å². The molecular formula is C10H22N2. The molecule has 1 N–H and O–H groups in total. The summed E-state index contributed by atoms with van der Waals surface area (Å²) in [6.07, 6.45) is 1.36. The van der Waals surface area contributed by atoms with Crippen LogP contribution in [0.5, 0.6) is 0 Å². The van der Waals surface area contributed by atoms with Crippen molar-refractivity contribution in [2.45, 2.75) is 32.7 Å². The first kappa shape index (κ1) is 10.0. The van der Waals surface area contributed by atoms with Crippen molar-refractivity contribution >= 4 is 0 Å². The summed E-state index contributed by atoms with van der Waals surface area (Å²) in [4.78, 5) is 2.41. The summed E-state index contributed by atoms with van der Waals surface area (Å²) in [7, 11) is 2.21. The molecule has 2 nitrogen and oxygen atoms in total. The van der Waals surface area contributed by atoms with Gasteiger partial charge in [0.05, 0.1) is 0 Å². The van der Waals surface area contributed by atoms with Crippen LogP contribution in [0.25, 0.3) is 0 Å². The van der Waals surface area contributed by atoms with E-state index in [-0.39, 0.29) is 5.54 Å². The Morgan fingerprint density at radius 3 is 2.50 bits per heavy atom. The zero-order valence-corrected chi connectivity index (χ0v) is 8.85. The van der Waals surface area contributed by atoms with Crippen molar-refractivity contribution < 1.29 is 0 Å². The molecule has 0 amide bonds. The summed E-state index contributed by atoms with van der Waals surface area (Å²) in [5, 5.41) is 3.56. The maximum absolute atomic E-state index is 3.56. The molecule has 1 heterocycles. The second-order valence-electron chi connectivity index (χ2n) is 5.05. The average Bonchev–Trinajstić information content (AvgIpc) is 2.30. The highest BCUT2D eigenvalue weighted by Crippen LogP contribution is 2.14. The smallest absolute Gasteiger partial charge is 0.00966 e. The van der Waals surface area contributed by atoms with E-state index in [1.54, 1.807) is 0 Å². The molecule has 72 valence electrons. The second kappa shape index (κ2) is 3.75. The predicted octanol–water partition coefficient (Wildman–Crippen LogP) is 1.33. The minimum atomic E-state index is 0.279. The minimum absolute atomic E-state index is 0.279. The SMILES string of the molecule is CN1CCC(CNC(C)(C)C)C1. The highest BCUT2D eigenvalue weighted by molar-refractivity contribution is 4.78. The van der Waals surface area contributed by atoms with E-state index in [4.69, 9.17) is 0 Å². The normalized spacial score (nSPS) is 26.5. The van der Waals surface area contributed by atoms with Crippen LogP contribution in [0.1, 0.15) is 27.2 Å². The standard InChI is InChI=1S/C10H22N2/c1-10(2,3)11-7-9-5-6-12(4)8-9/h9,11H,5-8H2,1-4H3. The van der Waals surface area contributed by atoms with Crippen LogP contribution in [-0.2, 0) is 0 Å². The molecule has 1 fully saturated rings. The lowest BCUT2D eigenvalue weighted by molar-refractivity contribution is 0.353. The fraction of sp³-hybridized carbons (Fsp3) is 1.00. The highest BCUT2D eigenvalue weighted by Gasteiger charge is 2.20. The lowest BCUT2D eigenvalue weighted by Crippen LogP contribution is -2.39. The van der Waals surface area contributed by atoms with Gasteiger partial charge in [-0.05, 0) is 53.2 Å². The van der Waals surface area contributed by atoms with Gasteiger partial charge < -0.3 is 10.2 Å². The largest absolute Gasteiger partial charge is 0.312 e. The van der Waals surface area contributed by atoms with Crippen LogP contribution >= 0.6 is 0 Å². The monoisotopic (exact) mass is 170 g/mol. The van der Waals surface area contributed by atoms with Gasteiger partial charge in [-0.3, -0.25) is 0 Å². The van der Waals surface area contributed by atoms with Gasteiger partial charge in [-0.15, -0.1) is 0 Å². The maximum Gasteiger partial charge on any atom is 0.00966 e. The average molecular weight is 170 g/mol. The summed E-state index contributed by atoms with van der Waals surface area (Å²) in [6.45, 7) is 10.4. The minimum Gasteiger partial charge on any atom is -0.312 e. The van der Waals surface area contributed by atoms with Crippen LogP contribution in [-0.4, -0.2) is 37.1 Å². The molecule has 0 bridgehead atoms. The van der Waals surface area contributed by atoms with Crippen molar-refractivity contribution in [3.8, 4) is 0 Å². The zero-order valence-electron chi connectivity index (χ0n) is 8.85. The molecule has 1 saturated heterocycles. The second-order valence-corrected chi connectivity index (χ2v) is 5.05. The van der Waals surface area contributed by atoms with Gasteiger partial charge in [0, 0.05) is 12.1 Å². The van der Waals surface area contributed by atoms with Crippen molar-refractivity contribution in [3.63, 3.8) is 0 Å². The molecule has 0 aromatic rings. The van der Waals surface area contributed by atoms with Crippen LogP contribution in [0.3, 0.4) is 0 Å². The molecule has 0 aliphatic carbocycles. The van der Waals surface area contributed by atoms with Crippen molar-refractivity contribution in [1.29, 1.82) is 0 Å². The molecule has 0 aromatic carbocycles. The van der Waals surface area contributed by atoms with Gasteiger partial charge in [0.1, 0.15) is 0 Å². The third-order valence-electron chi connectivity index (χ3n) is 2.41. The van der Waals surface area contributed by atoms with Gasteiger partial charge >= 0.3 is 0 Å². The molecule has 1 rings (SSSR count). The predicted molar refractivity (Wildman–Crippen MR) is 53.4 cm³/mol. The first-order valence-electron chi connectivity index (χ1n) is 4.91. The van der Waals surface area contributed by atoms with Crippen LogP contribution in [0.4, 0.5) is 0 Å². The van der Waals surface area contributed by atoms with E-state index in [9.17, 15) is 0 Å². The molecule has 1 atom stereocenters. The zero-order chi connectivity index (χ0) is 9.19. The molecule has 0 radical (unpaired) electrons. The number of likely N-dealkylation sites (tertiary alicyclic amines) is 1. The van der Waals surface area contributed by atoms with E-state index in [1.165, 1.54) is 26.1 Å². The fourth-order valence-electron chi connectivity index (χ4n) is 1.64. The van der Waals surface area contributed by atoms with E-state index in [1.807, 2.05) is 0 Å². The van der Waals surface area contributed by atoms with Crippen LogP contribution in [0, 0.1) is 5.92 Å². The molecule has 0 saturated carbocycles. The van der Waals surface area contributed by atoms with Crippen LogP contribution in [0.2, 0.25) is 0 Å². The van der Waals surface area contributed by atoms with Crippen LogP contribution in [0.15, 0.2) is 0 Å². The van der Waals surface area contributed by atoms with Gasteiger partial charge in [-0.2, -0.15) is 0 Å². The lowest BCUT2D eigenvalue weighted by atomic mass is 10.1. The van der Waals surface area contributed by atoms with Crippen molar-refractivity contribution in [1.82, 2.24) is 10.2 Å². The Bertz CT molecular complexity index is 137. The van der Waals surface area contributed by atoms with Gasteiger partial charge in [0.2, 0.25) is 0 Å². The van der Waals surface area contributed by atoms with Gasteiger partial charge in [-0.25, -0.2) is 0 Å². The third kappa shape index (κ3) is 3.55. The number of nitrogens with zero attached hydrogens (tertiary/aromatic N) is 1. The lowest BCUT2D eigenvalue weighted by Gasteiger charge is -2.23. The van der Waals surface area contributed by atoms with E-state index < -0.39 is 0 Å². The van der Waals surface area contributed by atoms with E-state index in [0.29, 0.717) is 0 Å². The molecule has 1 aliphatic heterocycles. The van der Waals surface area contributed by atoms with E-state index in [2.05, 4.69) is 38.0 Å². The Balaban J connectivity index is 2.16. The molecule has 12 heavy (non-hydrogen) atoms. The van der Waals surface area contributed by atoms with E-state index in [0.717, 1.165) is 5.92 Å². The Labute approximate surface area is 76.3 Å². The number of hydrogen-bond donors (Lipinski definition) is 1. The molecule has 0 aromatic heterocycles. The Morgan fingerprint density at radius 1 is 1.42 bits per heavy atom. The van der Waals surface area contributed by atoms with Gasteiger partial charge in [0.15, 0.2) is 0 Å². The summed E-state index contributed by atoms with van der Waals surface area (Å²) >= 11 is 0. The molecule has 1 unspecified atom stereocenters. The first-order valence-corrected chi connectivity index (χ1v) is 4.91. The van der Waals surface area contributed by atoms with Crippen molar-refractivity contribution in [3.05, 3.63) is 0 Å². The van der Waals surface area contributed by atoms with Gasteiger partial charge in [-0.1, -0.05) is 0 Å². The van der Waals surface area contributed by atoms with Crippen molar-refractivity contribution in [2.75, 3.05) is 26.7 Å². The summed E-state index contributed by atoms with van der Waals surface area (Å²) in [5.74, 6) is 0.870. The highest BCUT2D eigenvalue weighted by atomic mass is 15.1. The number of rotatable bonds is 2. The quantitative estimate of drug-likeness (QED) is 0.672. The summed E-state index contributed by atoms with van der Waals surface area (Å²) in [6, 6.07) is 0. The molecule has 1 aliphatic rings. The number of hydrogen-bond acceptors (Lipinski definition) is 2. The first-order chi connectivity index (χ1) is 5.47. The Kier molecular flexibility index (Phi) is 3.13. The number of nitrogens with one attached hydrogen (secondary N) is 1. The molecular weight excluding hydrogens is 148 g/mol. The Morgan fingerprint density at radius 2 is 2.08 bits per heavy atom. The summed E-state index contributed by atoms with van der Waals surface area (Å²) in [5.41, 5.74) is 0.279. The topological polar surface area (TPSA) is 15.3 Å². The third-order valence-corrected chi connectivity index (χ3v) is 2.41. The molecule has 2 heteroatoms. The maximum atomic E-state index is 3.56. The van der Waals surface area contributed by atoms with Crippen LogP contribution < -0.4 is 5.32 Å².